The lowest BCUT2D eigenvalue weighted by Gasteiger charge is -2.17. The summed E-state index contributed by atoms with van der Waals surface area (Å²) in [4.78, 5) is 7.25. The van der Waals surface area contributed by atoms with Crippen molar-refractivity contribution in [3.63, 3.8) is 0 Å². The van der Waals surface area contributed by atoms with Gasteiger partial charge < -0.3 is 10.7 Å². The number of aromatic amines is 1. The lowest BCUT2D eigenvalue weighted by molar-refractivity contribution is 0.463. The molecule has 2 rings (SSSR count). The summed E-state index contributed by atoms with van der Waals surface area (Å²) in [5, 5.41) is 0.985. The quantitative estimate of drug-likeness (QED) is 0.749. The van der Waals surface area contributed by atoms with E-state index in [1.807, 2.05) is 6.20 Å². The molecule has 0 spiro atoms. The van der Waals surface area contributed by atoms with E-state index in [0.717, 1.165) is 16.8 Å². The van der Waals surface area contributed by atoms with Gasteiger partial charge in [-0.25, -0.2) is 4.98 Å². The van der Waals surface area contributed by atoms with Crippen LogP contribution >= 0.6 is 11.8 Å². The van der Waals surface area contributed by atoms with E-state index in [4.69, 9.17) is 5.73 Å². The first kappa shape index (κ1) is 10.1. The van der Waals surface area contributed by atoms with Gasteiger partial charge in [0.1, 0.15) is 0 Å². The van der Waals surface area contributed by atoms with Crippen LogP contribution in [0.15, 0.2) is 17.6 Å². The van der Waals surface area contributed by atoms with Crippen LogP contribution in [0, 0.1) is 5.92 Å². The van der Waals surface area contributed by atoms with Gasteiger partial charge in [0.25, 0.3) is 0 Å². The maximum Gasteiger partial charge on any atom is 0.165 e. The van der Waals surface area contributed by atoms with Crippen LogP contribution in [-0.4, -0.2) is 21.8 Å². The van der Waals surface area contributed by atoms with Crippen molar-refractivity contribution in [3.05, 3.63) is 12.4 Å². The molecular weight excluding hydrogens is 194 g/mol. The van der Waals surface area contributed by atoms with Gasteiger partial charge in [0.2, 0.25) is 0 Å². The van der Waals surface area contributed by atoms with E-state index in [0.29, 0.717) is 6.04 Å². The van der Waals surface area contributed by atoms with Gasteiger partial charge in [0.15, 0.2) is 5.16 Å². The third kappa shape index (κ3) is 2.51. The molecule has 3 N–H and O–H groups in total. The van der Waals surface area contributed by atoms with Crippen molar-refractivity contribution in [3.8, 4) is 0 Å². The van der Waals surface area contributed by atoms with Crippen LogP contribution in [0.2, 0.25) is 0 Å². The molecule has 1 atom stereocenters. The molecule has 1 unspecified atom stereocenters. The summed E-state index contributed by atoms with van der Waals surface area (Å²) in [5.74, 6) is 1.73. The lowest BCUT2D eigenvalue weighted by Crippen LogP contribution is -2.30. The Bertz CT molecular complexity index is 254. The van der Waals surface area contributed by atoms with Crippen molar-refractivity contribution >= 4 is 11.8 Å². The molecule has 1 aromatic heterocycles. The standard InChI is InChI=1S/C10H17N3S/c11-9(8-3-1-2-4-8)7-14-10-12-5-6-13-10/h5-6,8-9H,1-4,7,11H2,(H,12,13). The Balaban J connectivity index is 1.74. The number of hydrogen-bond acceptors (Lipinski definition) is 3. The van der Waals surface area contributed by atoms with E-state index < -0.39 is 0 Å². The van der Waals surface area contributed by atoms with Crippen molar-refractivity contribution in [2.24, 2.45) is 11.7 Å². The van der Waals surface area contributed by atoms with Crippen LogP contribution in [-0.2, 0) is 0 Å². The van der Waals surface area contributed by atoms with Gasteiger partial charge in [0.05, 0.1) is 0 Å². The van der Waals surface area contributed by atoms with Crippen LogP contribution in [0.5, 0.6) is 0 Å². The lowest BCUT2D eigenvalue weighted by atomic mass is 10.0. The number of aromatic nitrogens is 2. The summed E-state index contributed by atoms with van der Waals surface area (Å²) < 4.78 is 0. The highest BCUT2D eigenvalue weighted by Gasteiger charge is 2.21. The van der Waals surface area contributed by atoms with E-state index in [1.165, 1.54) is 25.7 Å². The number of nitrogens with two attached hydrogens (primary N) is 1. The highest BCUT2D eigenvalue weighted by molar-refractivity contribution is 7.99. The predicted molar refractivity (Wildman–Crippen MR) is 59.2 cm³/mol. The summed E-state index contributed by atoms with van der Waals surface area (Å²) in [6.45, 7) is 0. The van der Waals surface area contributed by atoms with Crippen molar-refractivity contribution in [2.75, 3.05) is 5.75 Å². The largest absolute Gasteiger partial charge is 0.340 e. The molecule has 0 amide bonds. The minimum absolute atomic E-state index is 0.340. The Labute approximate surface area is 88.9 Å². The number of thioether (sulfide) groups is 1. The molecule has 3 nitrogen and oxygen atoms in total. The SMILES string of the molecule is NC(CSc1ncc[nH]1)C1CCCC1. The third-order valence-corrected chi connectivity index (χ3v) is 3.94. The van der Waals surface area contributed by atoms with Crippen LogP contribution in [0.1, 0.15) is 25.7 Å². The summed E-state index contributed by atoms with van der Waals surface area (Å²) in [6.07, 6.45) is 9.00. The van der Waals surface area contributed by atoms with E-state index in [2.05, 4.69) is 9.97 Å². The summed E-state index contributed by atoms with van der Waals surface area (Å²) >= 11 is 1.73. The molecule has 0 aromatic carbocycles. The second-order valence-electron chi connectivity index (χ2n) is 3.91. The number of nitrogens with one attached hydrogen (secondary N) is 1. The highest BCUT2D eigenvalue weighted by atomic mass is 32.2. The Morgan fingerprint density at radius 3 is 3.00 bits per heavy atom. The average Bonchev–Trinajstić information content (AvgIpc) is 2.87. The molecule has 4 heteroatoms. The van der Waals surface area contributed by atoms with Crippen molar-refractivity contribution in [1.82, 2.24) is 9.97 Å². The fraction of sp³-hybridized carbons (Fsp3) is 0.700. The Morgan fingerprint density at radius 1 is 1.57 bits per heavy atom. The number of hydrogen-bond donors (Lipinski definition) is 2. The van der Waals surface area contributed by atoms with Gasteiger partial charge in [-0.3, -0.25) is 0 Å². The monoisotopic (exact) mass is 211 g/mol. The molecule has 0 radical (unpaired) electrons. The van der Waals surface area contributed by atoms with Gasteiger partial charge in [-0.15, -0.1) is 0 Å². The Hall–Kier alpha value is -0.480. The molecule has 0 bridgehead atoms. The molecular formula is C10H17N3S. The topological polar surface area (TPSA) is 54.7 Å². The van der Waals surface area contributed by atoms with Crippen molar-refractivity contribution in [1.29, 1.82) is 0 Å². The van der Waals surface area contributed by atoms with Crippen LogP contribution in [0.3, 0.4) is 0 Å². The molecule has 0 aliphatic heterocycles. The minimum atomic E-state index is 0.340. The molecule has 1 heterocycles. The number of H-pyrrole nitrogens is 1. The van der Waals surface area contributed by atoms with Gasteiger partial charge in [0, 0.05) is 24.2 Å². The highest BCUT2D eigenvalue weighted by Crippen LogP contribution is 2.28. The van der Waals surface area contributed by atoms with Gasteiger partial charge in [-0.1, -0.05) is 24.6 Å². The van der Waals surface area contributed by atoms with E-state index in [1.54, 1.807) is 18.0 Å². The molecule has 1 fully saturated rings. The van der Waals surface area contributed by atoms with Gasteiger partial charge >= 0.3 is 0 Å². The van der Waals surface area contributed by atoms with E-state index >= 15 is 0 Å². The normalized spacial score (nSPS) is 20.1. The molecule has 1 aliphatic rings. The molecule has 14 heavy (non-hydrogen) atoms. The first-order chi connectivity index (χ1) is 6.86. The van der Waals surface area contributed by atoms with Crippen LogP contribution in [0.4, 0.5) is 0 Å². The second-order valence-corrected chi connectivity index (χ2v) is 4.92. The zero-order valence-corrected chi connectivity index (χ0v) is 9.09. The fourth-order valence-corrected chi connectivity index (χ4v) is 2.94. The maximum absolute atomic E-state index is 6.13. The maximum atomic E-state index is 6.13. The van der Waals surface area contributed by atoms with Crippen molar-refractivity contribution in [2.45, 2.75) is 36.9 Å². The number of imidazole rings is 1. The first-order valence-corrected chi connectivity index (χ1v) is 6.22. The molecule has 1 aromatic rings. The van der Waals surface area contributed by atoms with E-state index in [9.17, 15) is 0 Å². The first-order valence-electron chi connectivity index (χ1n) is 5.24. The summed E-state index contributed by atoms with van der Waals surface area (Å²) in [5.41, 5.74) is 6.13. The van der Waals surface area contributed by atoms with Gasteiger partial charge in [-0.05, 0) is 18.8 Å². The predicted octanol–water partition coefficient (Wildman–Crippen LogP) is 2.02. The molecule has 1 aliphatic carbocycles. The van der Waals surface area contributed by atoms with Crippen LogP contribution < -0.4 is 5.73 Å². The third-order valence-electron chi connectivity index (χ3n) is 2.89. The Morgan fingerprint density at radius 2 is 2.36 bits per heavy atom. The smallest absolute Gasteiger partial charge is 0.165 e. The fourth-order valence-electron chi connectivity index (χ4n) is 2.03. The summed E-state index contributed by atoms with van der Waals surface area (Å²) in [7, 11) is 0. The molecule has 78 valence electrons. The van der Waals surface area contributed by atoms with E-state index in [-0.39, 0.29) is 0 Å². The van der Waals surface area contributed by atoms with Crippen LogP contribution in [0.25, 0.3) is 0 Å². The minimum Gasteiger partial charge on any atom is -0.340 e. The van der Waals surface area contributed by atoms with Crippen molar-refractivity contribution < 1.29 is 0 Å². The second kappa shape index (κ2) is 4.84. The molecule has 1 saturated carbocycles. The zero-order valence-electron chi connectivity index (χ0n) is 8.28. The zero-order chi connectivity index (χ0) is 9.80. The number of rotatable bonds is 4. The average molecular weight is 211 g/mol. The summed E-state index contributed by atoms with van der Waals surface area (Å²) in [6, 6.07) is 0.340. The Kier molecular flexibility index (Phi) is 3.48. The number of nitrogens with zero attached hydrogens (tertiary/aromatic N) is 1. The van der Waals surface area contributed by atoms with Gasteiger partial charge in [-0.2, -0.15) is 0 Å². The molecule has 0 saturated heterocycles.